The number of fused-ring (bicyclic) bond motifs is 1. The lowest BCUT2D eigenvalue weighted by Crippen LogP contribution is -2.26. The number of imide groups is 1. The van der Waals surface area contributed by atoms with E-state index in [-0.39, 0.29) is 11.8 Å². The standard InChI is InChI=1S/C14H11BrN2O2/c1-7-4-3-5-8-9(6-16-12(7)8)10-11(15)14(19)17(2)13(10)18/h3-6,16H,1-2H3. The maximum Gasteiger partial charge on any atom is 0.268 e. The van der Waals surface area contributed by atoms with Crippen LogP contribution in [-0.2, 0) is 9.59 Å². The van der Waals surface area contributed by atoms with Gasteiger partial charge >= 0.3 is 0 Å². The van der Waals surface area contributed by atoms with E-state index in [4.69, 9.17) is 0 Å². The summed E-state index contributed by atoms with van der Waals surface area (Å²) in [7, 11) is 1.49. The Morgan fingerprint density at radius 3 is 2.58 bits per heavy atom. The number of carbonyl (C=O) groups is 2. The zero-order valence-corrected chi connectivity index (χ0v) is 12.0. The van der Waals surface area contributed by atoms with Gasteiger partial charge in [0.1, 0.15) is 0 Å². The highest BCUT2D eigenvalue weighted by atomic mass is 79.9. The number of para-hydroxylation sites is 1. The average molecular weight is 319 g/mol. The molecule has 1 aliphatic rings. The lowest BCUT2D eigenvalue weighted by Gasteiger charge is -2.05. The van der Waals surface area contributed by atoms with Crippen LogP contribution in [0.3, 0.4) is 0 Å². The molecule has 1 aromatic heterocycles. The minimum atomic E-state index is -0.304. The van der Waals surface area contributed by atoms with Crippen molar-refractivity contribution in [2.45, 2.75) is 6.92 Å². The van der Waals surface area contributed by atoms with Crippen LogP contribution in [-0.4, -0.2) is 28.7 Å². The summed E-state index contributed by atoms with van der Waals surface area (Å²) in [6.07, 6.45) is 1.78. The number of halogens is 1. The number of aryl methyl sites for hydroxylation is 1. The molecule has 0 radical (unpaired) electrons. The molecule has 0 bridgehead atoms. The number of likely N-dealkylation sites (N-methyl/N-ethyl adjacent to an activating group) is 1. The highest BCUT2D eigenvalue weighted by Gasteiger charge is 2.36. The van der Waals surface area contributed by atoms with Gasteiger partial charge in [0.25, 0.3) is 11.8 Å². The lowest BCUT2D eigenvalue weighted by molar-refractivity contribution is -0.134. The molecule has 0 atom stereocenters. The van der Waals surface area contributed by atoms with Crippen molar-refractivity contribution in [3.05, 3.63) is 40.0 Å². The molecule has 0 saturated heterocycles. The van der Waals surface area contributed by atoms with Crippen LogP contribution in [0.5, 0.6) is 0 Å². The first-order valence-electron chi connectivity index (χ1n) is 5.81. The number of carbonyl (C=O) groups excluding carboxylic acids is 2. The molecule has 0 unspecified atom stereocenters. The van der Waals surface area contributed by atoms with E-state index in [0.717, 1.165) is 26.9 Å². The number of nitrogens with one attached hydrogen (secondary N) is 1. The molecule has 0 saturated carbocycles. The Morgan fingerprint density at radius 2 is 1.95 bits per heavy atom. The van der Waals surface area contributed by atoms with E-state index in [1.54, 1.807) is 6.20 Å². The van der Waals surface area contributed by atoms with E-state index in [1.165, 1.54) is 7.05 Å². The molecule has 3 rings (SSSR count). The molecule has 0 aliphatic carbocycles. The van der Waals surface area contributed by atoms with Crippen LogP contribution in [0.4, 0.5) is 0 Å². The largest absolute Gasteiger partial charge is 0.360 e. The Kier molecular flexibility index (Phi) is 2.60. The number of nitrogens with zero attached hydrogens (tertiary/aromatic N) is 1. The van der Waals surface area contributed by atoms with E-state index in [2.05, 4.69) is 20.9 Å². The summed E-state index contributed by atoms with van der Waals surface area (Å²) in [5, 5.41) is 0.948. The van der Waals surface area contributed by atoms with Crippen molar-refractivity contribution < 1.29 is 9.59 Å². The summed E-state index contributed by atoms with van der Waals surface area (Å²) in [5.74, 6) is -0.582. The predicted octanol–water partition coefficient (Wildman–Crippen LogP) is 2.58. The van der Waals surface area contributed by atoms with Gasteiger partial charge in [0.05, 0.1) is 10.1 Å². The van der Waals surface area contributed by atoms with E-state index in [0.29, 0.717) is 10.1 Å². The summed E-state index contributed by atoms with van der Waals surface area (Å²) in [6, 6.07) is 5.88. The number of hydrogen-bond donors (Lipinski definition) is 1. The van der Waals surface area contributed by atoms with Gasteiger partial charge in [-0.25, -0.2) is 0 Å². The molecule has 4 nitrogen and oxygen atoms in total. The maximum atomic E-state index is 12.2. The number of hydrogen-bond acceptors (Lipinski definition) is 2. The molecular formula is C14H11BrN2O2. The van der Waals surface area contributed by atoms with E-state index < -0.39 is 0 Å². The van der Waals surface area contributed by atoms with Gasteiger partial charge in [0.2, 0.25) is 0 Å². The van der Waals surface area contributed by atoms with Gasteiger partial charge in [-0.3, -0.25) is 14.5 Å². The summed E-state index contributed by atoms with van der Waals surface area (Å²) in [4.78, 5) is 28.3. The molecular weight excluding hydrogens is 308 g/mol. The quantitative estimate of drug-likeness (QED) is 0.822. The molecule has 1 aliphatic heterocycles. The molecule has 96 valence electrons. The molecule has 2 heterocycles. The Labute approximate surface area is 118 Å². The first-order chi connectivity index (χ1) is 9.02. The van der Waals surface area contributed by atoms with Crippen LogP contribution < -0.4 is 0 Å². The zero-order chi connectivity index (χ0) is 13.7. The third-order valence-electron chi connectivity index (χ3n) is 3.42. The van der Waals surface area contributed by atoms with E-state index in [1.807, 2.05) is 25.1 Å². The Hall–Kier alpha value is -1.88. The highest BCUT2D eigenvalue weighted by molar-refractivity contribution is 9.12. The topological polar surface area (TPSA) is 53.2 Å². The summed E-state index contributed by atoms with van der Waals surface area (Å²) in [6.45, 7) is 2.00. The van der Waals surface area contributed by atoms with Gasteiger partial charge in [-0.05, 0) is 28.4 Å². The highest BCUT2D eigenvalue weighted by Crippen LogP contribution is 2.36. The fraction of sp³-hybridized carbons (Fsp3) is 0.143. The van der Waals surface area contributed by atoms with Crippen molar-refractivity contribution in [2.24, 2.45) is 0 Å². The molecule has 0 spiro atoms. The molecule has 5 heteroatoms. The number of benzene rings is 1. The van der Waals surface area contributed by atoms with Gasteiger partial charge in [0, 0.05) is 29.7 Å². The first kappa shape index (κ1) is 12.2. The number of rotatable bonds is 1. The Morgan fingerprint density at radius 1 is 1.21 bits per heavy atom. The second-order valence-electron chi connectivity index (χ2n) is 4.56. The van der Waals surface area contributed by atoms with Gasteiger partial charge < -0.3 is 4.98 Å². The van der Waals surface area contributed by atoms with Gasteiger partial charge in [-0.15, -0.1) is 0 Å². The Balaban J connectivity index is 2.29. The predicted molar refractivity (Wildman–Crippen MR) is 76.7 cm³/mol. The monoisotopic (exact) mass is 318 g/mol. The minimum Gasteiger partial charge on any atom is -0.360 e. The average Bonchev–Trinajstić information content (AvgIpc) is 2.89. The molecule has 1 aromatic carbocycles. The van der Waals surface area contributed by atoms with Crippen LogP contribution >= 0.6 is 15.9 Å². The molecule has 2 aromatic rings. The van der Waals surface area contributed by atoms with E-state index in [9.17, 15) is 9.59 Å². The number of aromatic nitrogens is 1. The molecule has 1 N–H and O–H groups in total. The normalized spacial score (nSPS) is 16.1. The zero-order valence-electron chi connectivity index (χ0n) is 10.5. The molecule has 0 fully saturated rings. The summed E-state index contributed by atoms with van der Waals surface area (Å²) in [5.41, 5.74) is 3.27. The Bertz CT molecular complexity index is 758. The lowest BCUT2D eigenvalue weighted by atomic mass is 10.0. The smallest absolute Gasteiger partial charge is 0.268 e. The van der Waals surface area contributed by atoms with Crippen LogP contribution in [0.15, 0.2) is 28.9 Å². The van der Waals surface area contributed by atoms with Crippen LogP contribution in [0.25, 0.3) is 16.5 Å². The van der Waals surface area contributed by atoms with Gasteiger partial charge in [-0.1, -0.05) is 18.2 Å². The van der Waals surface area contributed by atoms with Crippen molar-refractivity contribution in [1.82, 2.24) is 9.88 Å². The molecule has 2 amide bonds. The third kappa shape index (κ3) is 1.58. The fourth-order valence-electron chi connectivity index (χ4n) is 2.35. The van der Waals surface area contributed by atoms with Crippen molar-refractivity contribution >= 4 is 44.2 Å². The molecule has 19 heavy (non-hydrogen) atoms. The maximum absolute atomic E-state index is 12.2. The number of aromatic amines is 1. The van der Waals surface area contributed by atoms with Crippen molar-refractivity contribution in [3.8, 4) is 0 Å². The third-order valence-corrected chi connectivity index (χ3v) is 4.16. The van der Waals surface area contributed by atoms with Gasteiger partial charge in [-0.2, -0.15) is 0 Å². The SMILES string of the molecule is Cc1cccc2c(C3=C(Br)C(=O)N(C)C3=O)c[nH]c12. The van der Waals surface area contributed by atoms with Crippen molar-refractivity contribution in [2.75, 3.05) is 7.05 Å². The van der Waals surface area contributed by atoms with Crippen LogP contribution in [0.2, 0.25) is 0 Å². The van der Waals surface area contributed by atoms with Crippen LogP contribution in [0.1, 0.15) is 11.1 Å². The van der Waals surface area contributed by atoms with Crippen molar-refractivity contribution in [1.29, 1.82) is 0 Å². The number of H-pyrrole nitrogens is 1. The summed E-state index contributed by atoms with van der Waals surface area (Å²) < 4.78 is 0.322. The summed E-state index contributed by atoms with van der Waals surface area (Å²) >= 11 is 3.23. The first-order valence-corrected chi connectivity index (χ1v) is 6.61. The second kappa shape index (κ2) is 4.06. The van der Waals surface area contributed by atoms with Crippen LogP contribution in [0, 0.1) is 6.92 Å². The fourth-order valence-corrected chi connectivity index (χ4v) is 3.00. The second-order valence-corrected chi connectivity index (χ2v) is 5.35. The minimum absolute atomic E-state index is 0.278. The van der Waals surface area contributed by atoms with Crippen molar-refractivity contribution in [3.63, 3.8) is 0 Å². The number of amides is 2. The van der Waals surface area contributed by atoms with E-state index >= 15 is 0 Å². The van der Waals surface area contributed by atoms with Gasteiger partial charge in [0.15, 0.2) is 0 Å².